The fraction of sp³-hybridized carbons (Fsp3) is 0.667. The van der Waals surface area contributed by atoms with Crippen LogP contribution in [-0.4, -0.2) is 59.4 Å². The molecule has 16 heteroatoms. The zero-order valence-corrected chi connectivity index (χ0v) is 17.5. The van der Waals surface area contributed by atoms with Crippen LogP contribution in [0.3, 0.4) is 0 Å². The van der Waals surface area contributed by atoms with Crippen molar-refractivity contribution in [3.63, 3.8) is 0 Å². The van der Waals surface area contributed by atoms with Gasteiger partial charge in [-0.15, -0.1) is 5.34 Å². The molecule has 0 unspecified atom stereocenters. The predicted molar refractivity (Wildman–Crippen MR) is 94.0 cm³/mol. The summed E-state index contributed by atoms with van der Waals surface area (Å²) in [7, 11) is 0. The number of nitrogens with zero attached hydrogens (tertiary/aromatic N) is 1. The van der Waals surface area contributed by atoms with E-state index in [2.05, 4.69) is 10.6 Å². The number of carboxylic acid groups (broad SMARTS) is 2. The Morgan fingerprint density at radius 2 is 1.11 bits per heavy atom. The summed E-state index contributed by atoms with van der Waals surface area (Å²) in [5.74, 6) is -2.07. The van der Waals surface area contributed by atoms with Gasteiger partial charge in [0.2, 0.25) is 0 Å². The zero-order valence-electron chi connectivity index (χ0n) is 15.5. The zero-order chi connectivity index (χ0) is 21.8. The molecular weight excluding hydrogens is 393 g/mol. The number of hydrogen-bond donors (Lipinski definition) is 8. The van der Waals surface area contributed by atoms with E-state index in [0.717, 1.165) is 5.34 Å². The summed E-state index contributed by atoms with van der Waals surface area (Å²) >= 11 is 0. The van der Waals surface area contributed by atoms with Crippen LogP contribution in [0.15, 0.2) is 5.34 Å². The van der Waals surface area contributed by atoms with Crippen LogP contribution < -0.4 is 63.1 Å². The minimum atomic E-state index is -1.03. The van der Waals surface area contributed by atoms with Crippen molar-refractivity contribution in [3.8, 4) is 0 Å². The maximum absolute atomic E-state index is 10.2. The molecule has 0 aliphatic rings. The SMILES string of the molecule is NC(=O)NCCC[C@H](N)C(=O)O.NC(=O)NCCC[C@H](N)C(=O)O.O=N[O-].[Na+]. The van der Waals surface area contributed by atoms with Gasteiger partial charge in [-0.1, -0.05) is 0 Å². The molecule has 0 saturated carbocycles. The number of nitrogens with one attached hydrogen (secondary N) is 2. The van der Waals surface area contributed by atoms with Gasteiger partial charge in [0.25, 0.3) is 0 Å². The Hall–Kier alpha value is -2.20. The van der Waals surface area contributed by atoms with E-state index in [9.17, 15) is 19.2 Å². The molecule has 0 bridgehead atoms. The van der Waals surface area contributed by atoms with E-state index in [4.69, 9.17) is 43.3 Å². The molecule has 15 nitrogen and oxygen atoms in total. The third-order valence-electron chi connectivity index (χ3n) is 2.62. The summed E-state index contributed by atoms with van der Waals surface area (Å²) in [5.41, 5.74) is 19.9. The number of nitrogens with two attached hydrogens (primary N) is 4. The van der Waals surface area contributed by atoms with Gasteiger partial charge in [-0.25, -0.2) is 9.59 Å². The van der Waals surface area contributed by atoms with Crippen molar-refractivity contribution in [2.45, 2.75) is 37.8 Å². The molecule has 0 aliphatic heterocycles. The average molecular weight is 419 g/mol. The first-order chi connectivity index (χ1) is 12.5. The second-order valence-electron chi connectivity index (χ2n) is 4.83. The van der Waals surface area contributed by atoms with Gasteiger partial charge in [0, 0.05) is 13.1 Å². The number of amides is 4. The summed E-state index contributed by atoms with van der Waals surface area (Å²) in [6.07, 6.45) is 1.68. The molecule has 4 amide bonds. The number of rotatable bonds is 10. The van der Waals surface area contributed by atoms with E-state index >= 15 is 0 Å². The molecule has 0 saturated heterocycles. The maximum Gasteiger partial charge on any atom is 1.00 e. The first-order valence-corrected chi connectivity index (χ1v) is 7.47. The Morgan fingerprint density at radius 3 is 1.29 bits per heavy atom. The van der Waals surface area contributed by atoms with Crippen LogP contribution in [0.1, 0.15) is 25.7 Å². The van der Waals surface area contributed by atoms with E-state index < -0.39 is 36.1 Å². The van der Waals surface area contributed by atoms with Crippen molar-refractivity contribution in [2.75, 3.05) is 13.1 Å². The second-order valence-corrected chi connectivity index (χ2v) is 4.83. The standard InChI is InChI=1S/2C6H13N3O3.HNO2.Na/c2*7-4(5(10)11)2-1-3-9-6(8)12;2-1-3;/h2*4H,1-3,7H2,(H,10,11)(H3,8,9,12);(H,2,3);/q;;;+1/p-1/t2*4-;;/m00../s1. The normalized spacial score (nSPS) is 10.8. The van der Waals surface area contributed by atoms with Gasteiger partial charge in [-0.05, 0) is 25.7 Å². The number of hydrogen-bond acceptors (Lipinski definition) is 9. The third-order valence-corrected chi connectivity index (χ3v) is 2.62. The quantitative estimate of drug-likeness (QED) is 0.0721. The summed E-state index contributed by atoms with van der Waals surface area (Å²) in [4.78, 5) is 48.7. The molecule has 0 aromatic carbocycles. The van der Waals surface area contributed by atoms with Crippen molar-refractivity contribution in [3.05, 3.63) is 10.1 Å². The van der Waals surface area contributed by atoms with Gasteiger partial charge in [-0.3, -0.25) is 9.59 Å². The van der Waals surface area contributed by atoms with Crippen LogP contribution in [-0.2, 0) is 9.59 Å². The number of aliphatic carboxylic acids is 2. The summed E-state index contributed by atoms with van der Waals surface area (Å²) in [6, 6.07) is -2.95. The van der Waals surface area contributed by atoms with Gasteiger partial charge in [0.15, 0.2) is 0 Å². The van der Waals surface area contributed by atoms with Crippen molar-refractivity contribution < 1.29 is 58.9 Å². The Kier molecular flexibility index (Phi) is 27.2. The largest absolute Gasteiger partial charge is 1.00 e. The van der Waals surface area contributed by atoms with Crippen molar-refractivity contribution in [1.82, 2.24) is 10.6 Å². The van der Waals surface area contributed by atoms with Crippen LogP contribution in [0, 0.1) is 10.1 Å². The van der Waals surface area contributed by atoms with E-state index in [1.165, 1.54) is 0 Å². The monoisotopic (exact) mass is 419 g/mol. The number of carbonyl (C=O) groups is 4. The fourth-order valence-corrected chi connectivity index (χ4v) is 1.31. The molecule has 0 spiro atoms. The van der Waals surface area contributed by atoms with E-state index in [0.29, 0.717) is 38.8 Å². The molecule has 0 fully saturated rings. The molecule has 12 N–H and O–H groups in total. The van der Waals surface area contributed by atoms with Gasteiger partial charge < -0.3 is 53.9 Å². The van der Waals surface area contributed by atoms with Crippen molar-refractivity contribution in [1.29, 1.82) is 0 Å². The molecule has 0 radical (unpaired) electrons. The summed E-state index contributed by atoms with van der Waals surface area (Å²) in [6.45, 7) is 0.715. The Balaban J connectivity index is -0.000000175. The van der Waals surface area contributed by atoms with Crippen LogP contribution >= 0.6 is 0 Å². The molecule has 0 rings (SSSR count). The Morgan fingerprint density at radius 1 is 0.857 bits per heavy atom. The van der Waals surface area contributed by atoms with Crippen molar-refractivity contribution in [2.24, 2.45) is 28.3 Å². The topological polar surface area (TPSA) is 289 Å². The van der Waals surface area contributed by atoms with Gasteiger partial charge in [0.05, 0.1) is 0 Å². The summed E-state index contributed by atoms with van der Waals surface area (Å²) < 4.78 is 0. The molecular formula is C12H26N7NaO8. The van der Waals surface area contributed by atoms with E-state index in [1.54, 1.807) is 0 Å². The maximum atomic E-state index is 10.2. The van der Waals surface area contributed by atoms with E-state index in [1.807, 2.05) is 0 Å². The van der Waals surface area contributed by atoms with Crippen molar-refractivity contribution >= 4 is 24.0 Å². The van der Waals surface area contributed by atoms with Gasteiger partial charge in [0.1, 0.15) is 12.1 Å². The predicted octanol–water partition coefficient (Wildman–Crippen LogP) is -5.05. The van der Waals surface area contributed by atoms with Gasteiger partial charge in [-0.2, -0.15) is 0 Å². The summed E-state index contributed by atoms with van der Waals surface area (Å²) in [5, 5.41) is 30.4. The number of urea groups is 2. The van der Waals surface area contributed by atoms with Crippen LogP contribution in [0.4, 0.5) is 9.59 Å². The van der Waals surface area contributed by atoms with Crippen LogP contribution in [0.2, 0.25) is 0 Å². The molecule has 0 aromatic rings. The molecule has 28 heavy (non-hydrogen) atoms. The second kappa shape index (κ2) is 22.8. The van der Waals surface area contributed by atoms with E-state index in [-0.39, 0.29) is 29.6 Å². The minimum Gasteiger partial charge on any atom is -0.480 e. The minimum absolute atomic E-state index is 0. The van der Waals surface area contributed by atoms with Crippen LogP contribution in [0.5, 0.6) is 0 Å². The fourth-order valence-electron chi connectivity index (χ4n) is 1.31. The first kappa shape index (κ1) is 33.4. The molecule has 158 valence electrons. The smallest absolute Gasteiger partial charge is 0.480 e. The number of carbonyl (C=O) groups excluding carboxylic acids is 2. The van der Waals surface area contributed by atoms with Crippen LogP contribution in [0.25, 0.3) is 0 Å². The number of carboxylic acids is 2. The van der Waals surface area contributed by atoms with Gasteiger partial charge >= 0.3 is 53.6 Å². The molecule has 0 aromatic heterocycles. The average Bonchev–Trinajstić information content (AvgIpc) is 2.55. The Labute approximate surface area is 182 Å². The molecule has 0 aliphatic carbocycles. The Bertz CT molecular complexity index is 431. The molecule has 2 atom stereocenters. The molecule has 0 heterocycles. The first-order valence-electron chi connectivity index (χ1n) is 7.47. The third kappa shape index (κ3) is 31.6. The number of primary amides is 2.